The highest BCUT2D eigenvalue weighted by molar-refractivity contribution is 7.98. The summed E-state index contributed by atoms with van der Waals surface area (Å²) in [5, 5.41) is 3.83. The van der Waals surface area contributed by atoms with Gasteiger partial charge in [0.15, 0.2) is 0 Å². The SMILES string of the molecule is CNCc1ccc(CSc2cccc(Cl)c2)o1. The number of nitrogens with one attached hydrogen (secondary N) is 1. The van der Waals surface area contributed by atoms with Gasteiger partial charge in [0.05, 0.1) is 12.3 Å². The molecule has 1 heterocycles. The fraction of sp³-hybridized carbons (Fsp3) is 0.231. The van der Waals surface area contributed by atoms with Crippen LogP contribution in [0.4, 0.5) is 0 Å². The molecular weight excluding hydrogens is 254 g/mol. The van der Waals surface area contributed by atoms with E-state index in [-0.39, 0.29) is 0 Å². The van der Waals surface area contributed by atoms with Crippen molar-refractivity contribution in [2.75, 3.05) is 7.05 Å². The first-order valence-corrected chi connectivity index (χ1v) is 6.75. The quantitative estimate of drug-likeness (QED) is 0.831. The van der Waals surface area contributed by atoms with Gasteiger partial charge in [-0.15, -0.1) is 11.8 Å². The zero-order valence-corrected chi connectivity index (χ0v) is 11.1. The minimum absolute atomic E-state index is 0.766. The summed E-state index contributed by atoms with van der Waals surface area (Å²) < 4.78 is 5.66. The topological polar surface area (TPSA) is 25.2 Å². The van der Waals surface area contributed by atoms with Crippen LogP contribution in [0, 0.1) is 0 Å². The highest BCUT2D eigenvalue weighted by Crippen LogP contribution is 2.25. The second-order valence-electron chi connectivity index (χ2n) is 3.64. The summed E-state index contributed by atoms with van der Waals surface area (Å²) >= 11 is 7.65. The Morgan fingerprint density at radius 1 is 1.24 bits per heavy atom. The van der Waals surface area contributed by atoms with Gasteiger partial charge in [-0.1, -0.05) is 17.7 Å². The van der Waals surface area contributed by atoms with Crippen LogP contribution in [0.15, 0.2) is 45.7 Å². The number of hydrogen-bond acceptors (Lipinski definition) is 3. The summed E-state index contributed by atoms with van der Waals surface area (Å²) in [4.78, 5) is 1.16. The first-order chi connectivity index (χ1) is 8.28. The molecule has 4 heteroatoms. The molecule has 0 atom stereocenters. The van der Waals surface area contributed by atoms with Crippen LogP contribution in [0.2, 0.25) is 5.02 Å². The van der Waals surface area contributed by atoms with Crippen molar-refractivity contribution in [3.63, 3.8) is 0 Å². The maximum absolute atomic E-state index is 5.93. The lowest BCUT2D eigenvalue weighted by Crippen LogP contribution is -2.03. The van der Waals surface area contributed by atoms with Gasteiger partial charge < -0.3 is 9.73 Å². The fourth-order valence-corrected chi connectivity index (χ4v) is 2.58. The zero-order valence-electron chi connectivity index (χ0n) is 9.57. The molecule has 1 aromatic heterocycles. The molecular formula is C13H14ClNOS. The van der Waals surface area contributed by atoms with Crippen molar-refractivity contribution in [3.8, 4) is 0 Å². The molecule has 1 N–H and O–H groups in total. The summed E-state index contributed by atoms with van der Waals surface area (Å²) in [6, 6.07) is 11.9. The average molecular weight is 268 g/mol. The first kappa shape index (κ1) is 12.6. The molecule has 90 valence electrons. The molecule has 0 unspecified atom stereocenters. The average Bonchev–Trinajstić information content (AvgIpc) is 2.75. The van der Waals surface area contributed by atoms with Crippen LogP contribution in [-0.4, -0.2) is 7.05 Å². The van der Waals surface area contributed by atoms with E-state index >= 15 is 0 Å². The van der Waals surface area contributed by atoms with Gasteiger partial charge in [0.25, 0.3) is 0 Å². The molecule has 2 aromatic rings. The van der Waals surface area contributed by atoms with E-state index in [2.05, 4.69) is 5.32 Å². The van der Waals surface area contributed by atoms with Crippen LogP contribution >= 0.6 is 23.4 Å². The van der Waals surface area contributed by atoms with E-state index < -0.39 is 0 Å². The lowest BCUT2D eigenvalue weighted by molar-refractivity contribution is 0.469. The number of hydrogen-bond donors (Lipinski definition) is 1. The second kappa shape index (κ2) is 6.15. The van der Waals surface area contributed by atoms with Crippen LogP contribution in [0.5, 0.6) is 0 Å². The Kier molecular flexibility index (Phi) is 4.54. The molecule has 2 rings (SSSR count). The van der Waals surface area contributed by atoms with Crippen LogP contribution in [0.25, 0.3) is 0 Å². The molecule has 0 aliphatic heterocycles. The van der Waals surface area contributed by atoms with Gasteiger partial charge in [0, 0.05) is 9.92 Å². The van der Waals surface area contributed by atoms with Gasteiger partial charge in [0.2, 0.25) is 0 Å². The summed E-state index contributed by atoms with van der Waals surface area (Å²) in [5.41, 5.74) is 0. The largest absolute Gasteiger partial charge is 0.464 e. The zero-order chi connectivity index (χ0) is 12.1. The van der Waals surface area contributed by atoms with Crippen LogP contribution in [0.1, 0.15) is 11.5 Å². The van der Waals surface area contributed by atoms with Crippen molar-refractivity contribution in [2.24, 2.45) is 0 Å². The van der Waals surface area contributed by atoms with E-state index in [1.54, 1.807) is 11.8 Å². The van der Waals surface area contributed by atoms with Crippen molar-refractivity contribution < 1.29 is 4.42 Å². The van der Waals surface area contributed by atoms with E-state index in [1.165, 1.54) is 0 Å². The number of benzene rings is 1. The van der Waals surface area contributed by atoms with Crippen molar-refractivity contribution in [2.45, 2.75) is 17.2 Å². The molecule has 2 nitrogen and oxygen atoms in total. The Bertz CT molecular complexity index is 484. The number of furan rings is 1. The summed E-state index contributed by atoms with van der Waals surface area (Å²) in [7, 11) is 1.91. The smallest absolute Gasteiger partial charge is 0.117 e. The summed E-state index contributed by atoms with van der Waals surface area (Å²) in [6.07, 6.45) is 0. The Hall–Kier alpha value is -0.900. The molecule has 0 aliphatic rings. The lowest BCUT2D eigenvalue weighted by Gasteiger charge is -2.00. The van der Waals surface area contributed by atoms with Gasteiger partial charge in [-0.05, 0) is 37.4 Å². The number of thioether (sulfide) groups is 1. The monoisotopic (exact) mass is 267 g/mol. The van der Waals surface area contributed by atoms with E-state index in [1.807, 2.05) is 43.4 Å². The molecule has 0 saturated heterocycles. The van der Waals surface area contributed by atoms with E-state index in [4.69, 9.17) is 16.0 Å². The van der Waals surface area contributed by atoms with Crippen molar-refractivity contribution in [1.82, 2.24) is 5.32 Å². The first-order valence-electron chi connectivity index (χ1n) is 5.38. The minimum Gasteiger partial charge on any atom is -0.464 e. The molecule has 0 bridgehead atoms. The highest BCUT2D eigenvalue weighted by atomic mass is 35.5. The Labute approximate surface area is 110 Å². The molecule has 1 aromatic carbocycles. The van der Waals surface area contributed by atoms with E-state index in [9.17, 15) is 0 Å². The highest BCUT2D eigenvalue weighted by Gasteiger charge is 2.02. The fourth-order valence-electron chi connectivity index (χ4n) is 1.48. The van der Waals surface area contributed by atoms with Gasteiger partial charge in [-0.3, -0.25) is 0 Å². The third-order valence-corrected chi connectivity index (χ3v) is 3.50. The van der Waals surface area contributed by atoms with Crippen molar-refractivity contribution in [3.05, 3.63) is 52.9 Å². The van der Waals surface area contributed by atoms with E-state index in [0.717, 1.165) is 33.7 Å². The van der Waals surface area contributed by atoms with Gasteiger partial charge in [-0.25, -0.2) is 0 Å². The van der Waals surface area contributed by atoms with Crippen LogP contribution in [0.3, 0.4) is 0 Å². The van der Waals surface area contributed by atoms with Crippen LogP contribution < -0.4 is 5.32 Å². The Balaban J connectivity index is 1.93. The molecule has 0 fully saturated rings. The Morgan fingerprint density at radius 2 is 2.06 bits per heavy atom. The number of halogens is 1. The second-order valence-corrected chi connectivity index (χ2v) is 5.13. The molecule has 17 heavy (non-hydrogen) atoms. The summed E-state index contributed by atoms with van der Waals surface area (Å²) in [5.74, 6) is 2.78. The molecule has 0 amide bonds. The molecule has 0 radical (unpaired) electrons. The summed E-state index contributed by atoms with van der Waals surface area (Å²) in [6.45, 7) is 0.766. The molecule has 0 spiro atoms. The van der Waals surface area contributed by atoms with Gasteiger partial charge in [0.1, 0.15) is 11.5 Å². The predicted octanol–water partition coefficient (Wildman–Crippen LogP) is 3.94. The lowest BCUT2D eigenvalue weighted by atomic mass is 10.4. The standard InChI is InChI=1S/C13H14ClNOS/c1-15-8-11-5-6-12(16-11)9-17-13-4-2-3-10(14)7-13/h2-7,15H,8-9H2,1H3. The normalized spacial score (nSPS) is 10.7. The maximum atomic E-state index is 5.93. The minimum atomic E-state index is 0.766. The van der Waals surface area contributed by atoms with Gasteiger partial charge in [-0.2, -0.15) is 0 Å². The maximum Gasteiger partial charge on any atom is 0.117 e. The van der Waals surface area contributed by atoms with Crippen molar-refractivity contribution in [1.29, 1.82) is 0 Å². The third kappa shape index (κ3) is 3.80. The Morgan fingerprint density at radius 3 is 2.82 bits per heavy atom. The third-order valence-electron chi connectivity index (χ3n) is 2.25. The van der Waals surface area contributed by atoms with Gasteiger partial charge >= 0.3 is 0 Å². The van der Waals surface area contributed by atoms with Crippen LogP contribution in [-0.2, 0) is 12.3 Å². The molecule has 0 saturated carbocycles. The number of rotatable bonds is 5. The predicted molar refractivity (Wildman–Crippen MR) is 72.5 cm³/mol. The molecule has 0 aliphatic carbocycles. The van der Waals surface area contributed by atoms with Crippen molar-refractivity contribution >= 4 is 23.4 Å². The van der Waals surface area contributed by atoms with E-state index in [0.29, 0.717) is 0 Å².